The van der Waals surface area contributed by atoms with Crippen LogP contribution in [0.2, 0.25) is 0 Å². The molecule has 4 heterocycles. The van der Waals surface area contributed by atoms with Crippen LogP contribution in [-0.2, 0) is 83.3 Å². The van der Waals surface area contributed by atoms with E-state index in [1.165, 1.54) is 7.11 Å². The van der Waals surface area contributed by atoms with Crippen LogP contribution in [0.1, 0.15) is 55.9 Å². The van der Waals surface area contributed by atoms with Crippen molar-refractivity contribution >= 4 is 12.1 Å². The van der Waals surface area contributed by atoms with Gasteiger partial charge in [0, 0.05) is 4.91 Å². The van der Waals surface area contributed by atoms with Crippen LogP contribution in [0, 0.1) is 0 Å². The highest BCUT2D eigenvalue weighted by Gasteiger charge is 2.58. The molecule has 1 N–H and O–H groups in total. The summed E-state index contributed by atoms with van der Waals surface area (Å²) in [5, 5.41) is 7.12. The Morgan fingerprint density at radius 1 is 0.618 bits per heavy atom. The lowest BCUT2D eigenvalue weighted by Gasteiger charge is -2.50. The summed E-state index contributed by atoms with van der Waals surface area (Å²) in [5.74, 6) is -0.810. The van der Waals surface area contributed by atoms with Crippen molar-refractivity contribution in [3.8, 4) is 0 Å². The molecule has 68 heavy (non-hydrogen) atoms. The highest BCUT2D eigenvalue weighted by atomic mass is 16.8. The quantitative estimate of drug-likeness (QED) is 0.0397. The van der Waals surface area contributed by atoms with Crippen LogP contribution in [0.25, 0.3) is 10.4 Å². The number of carbonyl (C=O) groups excluding carboxylic acids is 2. The van der Waals surface area contributed by atoms with Crippen molar-refractivity contribution < 1.29 is 61.7 Å². The summed E-state index contributed by atoms with van der Waals surface area (Å²) in [6.45, 7) is 6.26. The lowest BCUT2D eigenvalue weighted by atomic mass is 9.92. The van der Waals surface area contributed by atoms with Crippen LogP contribution in [0.4, 0.5) is 4.79 Å². The van der Waals surface area contributed by atoms with Gasteiger partial charge < -0.3 is 57.4 Å². The van der Waals surface area contributed by atoms with E-state index >= 15 is 0 Å². The molecule has 15 atom stereocenters. The highest BCUT2D eigenvalue weighted by Crippen LogP contribution is 2.39. The number of fused-ring (bicyclic) bond motifs is 1. The third kappa shape index (κ3) is 11.7. The van der Waals surface area contributed by atoms with Crippen LogP contribution < -0.4 is 5.32 Å². The molecule has 1 amide bonds. The molecule has 362 valence electrons. The molecule has 0 aliphatic carbocycles. The third-order valence-electron chi connectivity index (χ3n) is 12.7. The number of carbonyl (C=O) groups is 2. The van der Waals surface area contributed by atoms with Crippen molar-refractivity contribution in [2.75, 3.05) is 7.11 Å². The van der Waals surface area contributed by atoms with Crippen LogP contribution in [0.3, 0.4) is 0 Å². The fourth-order valence-electron chi connectivity index (χ4n) is 9.27. The molecule has 4 fully saturated rings. The van der Waals surface area contributed by atoms with E-state index in [4.69, 9.17) is 52.1 Å². The van der Waals surface area contributed by atoms with E-state index in [9.17, 15) is 15.1 Å². The van der Waals surface area contributed by atoms with Crippen LogP contribution in [0.15, 0.2) is 126 Å². The number of nitrogens with one attached hydrogen (secondary N) is 1. The van der Waals surface area contributed by atoms with Crippen LogP contribution in [0.5, 0.6) is 0 Å². The molecular formula is C51H60N4O13. The summed E-state index contributed by atoms with van der Waals surface area (Å²) in [7, 11) is 1.24. The highest BCUT2D eigenvalue weighted by molar-refractivity contribution is 5.75. The normalized spacial score (nSPS) is 32.2. The number of methoxy groups -OCH3 is 1. The molecule has 17 heteroatoms. The van der Waals surface area contributed by atoms with Crippen molar-refractivity contribution in [1.82, 2.24) is 5.32 Å². The van der Waals surface area contributed by atoms with Gasteiger partial charge >= 0.3 is 12.1 Å². The monoisotopic (exact) mass is 936 g/mol. The molecule has 4 aliphatic rings. The molecular weight excluding hydrogens is 877 g/mol. The van der Waals surface area contributed by atoms with E-state index < -0.39 is 97.8 Å². The zero-order valence-corrected chi connectivity index (χ0v) is 38.6. The molecule has 0 bridgehead atoms. The van der Waals surface area contributed by atoms with Crippen LogP contribution >= 0.6 is 0 Å². The van der Waals surface area contributed by atoms with Crippen molar-refractivity contribution in [3.05, 3.63) is 154 Å². The van der Waals surface area contributed by atoms with E-state index in [2.05, 4.69) is 15.3 Å². The van der Waals surface area contributed by atoms with Crippen LogP contribution in [-0.4, -0.2) is 111 Å². The van der Waals surface area contributed by atoms with E-state index in [0.29, 0.717) is 12.8 Å². The molecule has 6 unspecified atom stereocenters. The first kappa shape index (κ1) is 49.0. The maximum atomic E-state index is 14.2. The summed E-state index contributed by atoms with van der Waals surface area (Å²) in [4.78, 5) is 30.2. The molecule has 4 saturated heterocycles. The molecule has 4 aromatic carbocycles. The molecule has 4 aliphatic heterocycles. The van der Waals surface area contributed by atoms with Gasteiger partial charge in [0.05, 0.1) is 57.9 Å². The second-order valence-electron chi connectivity index (χ2n) is 17.2. The maximum absolute atomic E-state index is 14.2. The van der Waals surface area contributed by atoms with Gasteiger partial charge in [-0.15, -0.1) is 0 Å². The van der Waals surface area contributed by atoms with Gasteiger partial charge in [-0.05, 0) is 47.6 Å². The summed E-state index contributed by atoms with van der Waals surface area (Å²) >= 11 is 0. The summed E-state index contributed by atoms with van der Waals surface area (Å²) in [6.07, 6.45) is -12.3. The minimum atomic E-state index is -1.53. The van der Waals surface area contributed by atoms with Gasteiger partial charge in [-0.2, -0.15) is 0 Å². The lowest BCUT2D eigenvalue weighted by Crippen LogP contribution is -2.67. The number of ether oxygens (including phenoxy) is 11. The molecule has 0 spiro atoms. The smallest absolute Gasteiger partial charge is 0.408 e. The molecule has 0 aromatic heterocycles. The molecule has 0 saturated carbocycles. The first-order valence-electron chi connectivity index (χ1n) is 23.3. The number of alkyl carbamates (subject to hydrolysis) is 1. The Hall–Kier alpha value is -5.43. The predicted molar refractivity (Wildman–Crippen MR) is 244 cm³/mol. The van der Waals surface area contributed by atoms with Crippen molar-refractivity contribution in [2.24, 2.45) is 5.11 Å². The summed E-state index contributed by atoms with van der Waals surface area (Å²) in [5.41, 5.74) is 13.7. The Kier molecular flexibility index (Phi) is 17.1. The van der Waals surface area contributed by atoms with Gasteiger partial charge in [0.25, 0.3) is 0 Å². The number of hydrogen-bond donors (Lipinski definition) is 1. The number of esters is 1. The second kappa shape index (κ2) is 23.7. The SMILES string of the molecule is CCC1O[C@@H](C)C2NC(=O)O[C@H]2[C@@H]1O[C@@H]1OC(C(=O)OC)[C@@H](O[C@H]2OC(CC)[C@@H](OCc3ccccc3)[C@@H](OCc3ccccc3)C2N=[N+]=[N-])[C@@H](OCc2ccccc2)C1OCc1ccccc1. The average Bonchev–Trinajstić information content (AvgIpc) is 3.78. The van der Waals surface area contributed by atoms with Crippen molar-refractivity contribution in [3.63, 3.8) is 0 Å². The average molecular weight is 937 g/mol. The Bertz CT molecular complexity index is 2240. The van der Waals surface area contributed by atoms with E-state index in [1.807, 2.05) is 142 Å². The van der Waals surface area contributed by atoms with Gasteiger partial charge in [-0.25, -0.2) is 9.59 Å². The standard InChI is InChI=1S/C51H60N4O13/c1-5-36-40(59-27-32-19-11-7-12-20-32)42(60-28-33-21-13-8-14-22-33)39(54-55-52)49(64-36)66-45-44(61-29-34-23-15-9-16-24-34)47(62-30-35-25-17-10-18-26-35)50(67-46(45)48(56)58-4)65-41-37(6-2)63-31(3)38-43(41)68-51(57)53-38/h7-26,31,36-47,49-50H,5-6,27-30H2,1-4H3,(H,53,57)/t31-,36?,37?,38?,39?,40+,41+,42-,43+,44+,45-,46?,47?,49+,50+/m0/s1. The van der Waals surface area contributed by atoms with E-state index in [1.54, 1.807) is 0 Å². The number of azide groups is 1. The Labute approximate surface area is 396 Å². The number of amides is 1. The minimum absolute atomic E-state index is 0.0478. The topological polar surface area (TPSA) is 196 Å². The molecule has 8 rings (SSSR count). The van der Waals surface area contributed by atoms with Gasteiger partial charge in [0.15, 0.2) is 24.8 Å². The van der Waals surface area contributed by atoms with Crippen molar-refractivity contribution in [1.29, 1.82) is 0 Å². The Morgan fingerprint density at radius 3 is 1.59 bits per heavy atom. The summed E-state index contributed by atoms with van der Waals surface area (Å²) in [6, 6.07) is 36.7. The number of benzene rings is 4. The maximum Gasteiger partial charge on any atom is 0.408 e. The molecule has 17 nitrogen and oxygen atoms in total. The fraction of sp³-hybridized carbons (Fsp3) is 0.490. The third-order valence-corrected chi connectivity index (χ3v) is 12.7. The molecule has 0 radical (unpaired) electrons. The Balaban J connectivity index is 1.18. The first-order valence-corrected chi connectivity index (χ1v) is 23.3. The van der Waals surface area contributed by atoms with Crippen molar-refractivity contribution in [2.45, 2.75) is 152 Å². The van der Waals surface area contributed by atoms with Gasteiger partial charge in [-0.1, -0.05) is 140 Å². The number of nitrogens with zero attached hydrogens (tertiary/aromatic N) is 3. The van der Waals surface area contributed by atoms with E-state index in [-0.39, 0.29) is 32.5 Å². The fourth-order valence-corrected chi connectivity index (χ4v) is 9.27. The largest absolute Gasteiger partial charge is 0.467 e. The zero-order chi connectivity index (χ0) is 47.4. The predicted octanol–water partition coefficient (Wildman–Crippen LogP) is 7.48. The zero-order valence-electron chi connectivity index (χ0n) is 38.6. The molecule has 4 aromatic rings. The number of hydrogen-bond acceptors (Lipinski definition) is 14. The number of rotatable bonds is 20. The van der Waals surface area contributed by atoms with E-state index in [0.717, 1.165) is 22.3 Å². The second-order valence-corrected chi connectivity index (χ2v) is 17.2. The first-order chi connectivity index (χ1) is 33.3. The van der Waals surface area contributed by atoms with Gasteiger partial charge in [-0.3, -0.25) is 0 Å². The van der Waals surface area contributed by atoms with Gasteiger partial charge in [0.2, 0.25) is 0 Å². The van der Waals surface area contributed by atoms with Gasteiger partial charge in [0.1, 0.15) is 42.7 Å². The lowest BCUT2D eigenvalue weighted by molar-refractivity contribution is -0.365. The Morgan fingerprint density at radius 2 is 1.09 bits per heavy atom. The minimum Gasteiger partial charge on any atom is -0.467 e. The summed E-state index contributed by atoms with van der Waals surface area (Å²) < 4.78 is 72.0.